The second-order valence-corrected chi connectivity index (χ2v) is 10.00. The number of aromatic carboxylic acids is 1. The molecule has 3 aliphatic rings. The average molecular weight is 442 g/mol. The molecule has 5 heteroatoms. The Hall–Kier alpha value is -3.56. The van der Waals surface area contributed by atoms with Gasteiger partial charge in [-0.2, -0.15) is 0 Å². The molecule has 168 valence electrons. The molecule has 2 aromatic rings. The Bertz CT molecular complexity index is 1350. The van der Waals surface area contributed by atoms with Crippen LogP contribution in [0.4, 0.5) is 0 Å². The molecule has 2 atom stereocenters. The Morgan fingerprint density at radius 3 is 2.76 bits per heavy atom. The minimum absolute atomic E-state index is 0.0250. The van der Waals surface area contributed by atoms with Crippen LogP contribution in [-0.2, 0) is 0 Å². The number of hydrogen-bond acceptors (Lipinski definition) is 3. The van der Waals surface area contributed by atoms with Crippen molar-refractivity contribution in [3.8, 4) is 0 Å². The summed E-state index contributed by atoms with van der Waals surface area (Å²) < 4.78 is 7.48. The summed E-state index contributed by atoms with van der Waals surface area (Å²) in [5.41, 5.74) is 8.81. The fourth-order valence-corrected chi connectivity index (χ4v) is 5.26. The minimum Gasteiger partial charge on any atom is -0.477 e. The number of carboxylic acids is 1. The highest BCUT2D eigenvalue weighted by Gasteiger charge is 2.39. The molecule has 1 N–H and O–H groups in total. The summed E-state index contributed by atoms with van der Waals surface area (Å²) in [6.07, 6.45) is 16.0. The van der Waals surface area contributed by atoms with Gasteiger partial charge in [0.15, 0.2) is 5.43 Å². The Labute approximate surface area is 192 Å². The fraction of sp³-hybridized carbons (Fsp3) is 0.321. The molecule has 1 aliphatic heterocycles. The number of fused-ring (bicyclic) bond motifs is 3. The van der Waals surface area contributed by atoms with Crippen molar-refractivity contribution in [3.63, 3.8) is 0 Å². The van der Waals surface area contributed by atoms with Gasteiger partial charge in [-0.15, -0.1) is 5.73 Å². The van der Waals surface area contributed by atoms with E-state index < -0.39 is 11.4 Å². The lowest BCUT2D eigenvalue weighted by atomic mass is 9.70. The zero-order valence-corrected chi connectivity index (χ0v) is 19.1. The van der Waals surface area contributed by atoms with Crippen molar-refractivity contribution in [1.29, 1.82) is 0 Å². The van der Waals surface area contributed by atoms with Crippen LogP contribution in [0.15, 0.2) is 81.2 Å². The van der Waals surface area contributed by atoms with E-state index in [1.54, 1.807) is 12.5 Å². The van der Waals surface area contributed by atoms with Crippen LogP contribution in [0, 0.1) is 11.3 Å². The molecule has 0 fully saturated rings. The third kappa shape index (κ3) is 3.59. The predicted octanol–water partition coefficient (Wildman–Crippen LogP) is 6.03. The molecule has 0 aromatic carbocycles. The Morgan fingerprint density at radius 2 is 2.12 bits per heavy atom. The number of nitrogens with zero attached hydrogens (tertiary/aromatic N) is 1. The van der Waals surface area contributed by atoms with Gasteiger partial charge >= 0.3 is 5.97 Å². The zero-order chi connectivity index (χ0) is 23.3. The van der Waals surface area contributed by atoms with Crippen LogP contribution in [0.5, 0.6) is 0 Å². The lowest BCUT2D eigenvalue weighted by Crippen LogP contribution is -2.34. The maximum absolute atomic E-state index is 12.9. The summed E-state index contributed by atoms with van der Waals surface area (Å²) in [4.78, 5) is 24.6. The van der Waals surface area contributed by atoms with E-state index in [4.69, 9.17) is 4.42 Å². The second-order valence-electron chi connectivity index (χ2n) is 10.00. The van der Waals surface area contributed by atoms with Gasteiger partial charge in [-0.1, -0.05) is 39.0 Å². The first-order chi connectivity index (χ1) is 15.8. The molecule has 5 rings (SSSR count). The highest BCUT2D eigenvalue weighted by molar-refractivity contribution is 6.01. The van der Waals surface area contributed by atoms with Crippen LogP contribution in [0.1, 0.15) is 67.7 Å². The lowest BCUT2D eigenvalue weighted by molar-refractivity contribution is 0.0693. The van der Waals surface area contributed by atoms with Crippen molar-refractivity contribution in [3.05, 3.63) is 99.1 Å². The van der Waals surface area contributed by atoms with Crippen LogP contribution in [0.25, 0.3) is 11.1 Å². The molecule has 3 heterocycles. The quantitative estimate of drug-likeness (QED) is 0.591. The van der Waals surface area contributed by atoms with E-state index in [0.717, 1.165) is 47.2 Å². The predicted molar refractivity (Wildman–Crippen MR) is 128 cm³/mol. The first-order valence-electron chi connectivity index (χ1n) is 11.3. The highest BCUT2D eigenvalue weighted by Crippen LogP contribution is 2.52. The summed E-state index contributed by atoms with van der Waals surface area (Å²) in [5.74, 6) is -1.12. The molecule has 2 aliphatic carbocycles. The monoisotopic (exact) mass is 441 g/mol. The number of hydrogen-bond donors (Lipinski definition) is 1. The molecule has 0 amide bonds. The number of pyridine rings is 1. The number of allylic oxidation sites excluding steroid dienone is 7. The van der Waals surface area contributed by atoms with Crippen LogP contribution in [-0.4, -0.2) is 15.6 Å². The number of aromatic nitrogens is 1. The van der Waals surface area contributed by atoms with Gasteiger partial charge in [-0.05, 0) is 48.0 Å². The van der Waals surface area contributed by atoms with Gasteiger partial charge in [-0.3, -0.25) is 4.79 Å². The summed E-state index contributed by atoms with van der Waals surface area (Å²) in [5, 5.41) is 9.63. The molecule has 33 heavy (non-hydrogen) atoms. The minimum atomic E-state index is -1.20. The van der Waals surface area contributed by atoms with Crippen molar-refractivity contribution in [1.82, 2.24) is 4.57 Å². The van der Waals surface area contributed by atoms with Crippen LogP contribution < -0.4 is 5.43 Å². The third-order valence-electron chi connectivity index (χ3n) is 6.88. The Kier molecular flexibility index (Phi) is 5.02. The van der Waals surface area contributed by atoms with Crippen molar-refractivity contribution >= 4 is 17.1 Å². The lowest BCUT2D eigenvalue weighted by Gasteiger charge is -2.42. The van der Waals surface area contributed by atoms with E-state index >= 15 is 0 Å². The van der Waals surface area contributed by atoms with Crippen LogP contribution in [0.2, 0.25) is 0 Å². The van der Waals surface area contributed by atoms with Gasteiger partial charge < -0.3 is 14.1 Å². The third-order valence-corrected chi connectivity index (χ3v) is 6.88. The average Bonchev–Trinajstić information content (AvgIpc) is 3.31. The SMILES string of the molecule is CC(C)(C)[C@@H]1CC2=CCC(C3=C=CCC=C3)C(c3ccoc3)=C2c2cc(=O)c(C(=O)O)cn21. The van der Waals surface area contributed by atoms with Crippen molar-refractivity contribution < 1.29 is 14.3 Å². The maximum atomic E-state index is 12.9. The van der Waals surface area contributed by atoms with Crippen molar-refractivity contribution in [2.45, 2.75) is 46.1 Å². The Morgan fingerprint density at radius 1 is 1.30 bits per heavy atom. The topological polar surface area (TPSA) is 72.4 Å². The maximum Gasteiger partial charge on any atom is 0.341 e. The highest BCUT2D eigenvalue weighted by atomic mass is 16.4. The Balaban J connectivity index is 1.84. The van der Waals surface area contributed by atoms with Gasteiger partial charge in [0.2, 0.25) is 0 Å². The molecule has 5 nitrogen and oxygen atoms in total. The summed E-state index contributed by atoms with van der Waals surface area (Å²) >= 11 is 0. The summed E-state index contributed by atoms with van der Waals surface area (Å²) in [6, 6.07) is 3.49. The van der Waals surface area contributed by atoms with Gasteiger partial charge in [-0.25, -0.2) is 4.79 Å². The van der Waals surface area contributed by atoms with Crippen molar-refractivity contribution in [2.24, 2.45) is 11.3 Å². The van der Waals surface area contributed by atoms with Crippen LogP contribution >= 0.6 is 0 Å². The first kappa shape index (κ1) is 21.3. The second kappa shape index (κ2) is 7.79. The largest absolute Gasteiger partial charge is 0.477 e. The standard InChI is InChI=1S/C28H27NO4/c1-28(2,3)24-13-18-9-10-20(17-7-5-4-6-8-17)25(19-11-12-33-16-19)26(18)22-14-23(30)21(27(31)32)15-29(22)24/h5-7,9,11-12,14-16,20,24H,4,10,13H2,1-3H3,(H,31,32)/t20?,24-/m0/s1. The van der Waals surface area contributed by atoms with E-state index in [2.05, 4.69) is 44.7 Å². The van der Waals surface area contributed by atoms with E-state index in [1.165, 1.54) is 17.8 Å². The molecule has 0 saturated heterocycles. The van der Waals surface area contributed by atoms with E-state index in [-0.39, 0.29) is 22.9 Å². The van der Waals surface area contributed by atoms with Crippen molar-refractivity contribution in [2.75, 3.05) is 0 Å². The van der Waals surface area contributed by atoms with E-state index in [0.29, 0.717) is 0 Å². The molecule has 2 aromatic heterocycles. The number of carbonyl (C=O) groups is 1. The van der Waals surface area contributed by atoms with E-state index in [9.17, 15) is 14.7 Å². The molecular weight excluding hydrogens is 414 g/mol. The smallest absolute Gasteiger partial charge is 0.341 e. The van der Waals surface area contributed by atoms with Gasteiger partial charge in [0.25, 0.3) is 0 Å². The molecule has 0 radical (unpaired) electrons. The molecular formula is C28H27NO4. The normalized spacial score (nSPS) is 21.9. The van der Waals surface area contributed by atoms with Crippen LogP contribution in [0.3, 0.4) is 0 Å². The van der Waals surface area contributed by atoms with Gasteiger partial charge in [0.05, 0.1) is 18.2 Å². The number of rotatable bonds is 3. The number of furan rings is 1. The molecule has 1 unspecified atom stereocenters. The van der Waals surface area contributed by atoms with Gasteiger partial charge in [0, 0.05) is 40.9 Å². The first-order valence-corrected chi connectivity index (χ1v) is 11.3. The number of carboxylic acid groups (broad SMARTS) is 1. The molecule has 0 spiro atoms. The summed E-state index contributed by atoms with van der Waals surface area (Å²) in [7, 11) is 0. The molecule has 0 bridgehead atoms. The van der Waals surface area contributed by atoms with E-state index in [1.807, 2.05) is 16.7 Å². The molecule has 0 saturated carbocycles. The zero-order valence-electron chi connectivity index (χ0n) is 19.1. The fourth-order valence-electron chi connectivity index (χ4n) is 5.26. The van der Waals surface area contributed by atoms with Gasteiger partial charge in [0.1, 0.15) is 5.56 Å². The summed E-state index contributed by atoms with van der Waals surface area (Å²) in [6.45, 7) is 6.46.